The number of nitrogens with zero attached hydrogens (tertiary/aromatic N) is 2. The molecule has 0 aromatic heterocycles. The van der Waals surface area contributed by atoms with Gasteiger partial charge in [-0.25, -0.2) is 4.79 Å². The van der Waals surface area contributed by atoms with E-state index in [1.54, 1.807) is 14.1 Å². The van der Waals surface area contributed by atoms with Crippen molar-refractivity contribution in [2.24, 2.45) is 0 Å². The van der Waals surface area contributed by atoms with E-state index >= 15 is 0 Å². The number of carbonyl (C=O) groups is 3. The Balaban J connectivity index is 1.49. The maximum atomic E-state index is 12.9. The van der Waals surface area contributed by atoms with Gasteiger partial charge in [-0.2, -0.15) is 13.2 Å². The first kappa shape index (κ1) is 27.8. The summed E-state index contributed by atoms with van der Waals surface area (Å²) < 4.78 is 38.8. The molecule has 200 valence electrons. The van der Waals surface area contributed by atoms with Crippen LogP contribution in [0.15, 0.2) is 36.4 Å². The van der Waals surface area contributed by atoms with E-state index in [0.29, 0.717) is 25.6 Å². The third-order valence-corrected chi connectivity index (χ3v) is 6.03. The van der Waals surface area contributed by atoms with Gasteiger partial charge in [0.25, 0.3) is 5.91 Å². The minimum absolute atomic E-state index is 0.113. The topological polar surface area (TPSA) is 120 Å². The van der Waals surface area contributed by atoms with Gasteiger partial charge in [0.05, 0.1) is 17.7 Å². The Kier molecular flexibility index (Phi) is 8.64. The summed E-state index contributed by atoms with van der Waals surface area (Å²) in [6, 6.07) is 7.97. The Morgan fingerprint density at radius 1 is 1.14 bits per heavy atom. The summed E-state index contributed by atoms with van der Waals surface area (Å²) in [5.74, 6) is -1.31. The molecule has 37 heavy (non-hydrogen) atoms. The van der Waals surface area contributed by atoms with Gasteiger partial charge in [-0.05, 0) is 48.7 Å². The second-order valence-corrected chi connectivity index (χ2v) is 9.24. The van der Waals surface area contributed by atoms with Crippen molar-refractivity contribution in [3.8, 4) is 0 Å². The summed E-state index contributed by atoms with van der Waals surface area (Å²) in [6.07, 6.45) is -3.91. The number of likely N-dealkylation sites (tertiary alicyclic amines) is 1. The Labute approximate surface area is 213 Å². The Hall–Kier alpha value is -3.80. The van der Waals surface area contributed by atoms with Crippen LogP contribution in [0.3, 0.4) is 0 Å². The maximum Gasteiger partial charge on any atom is 0.416 e. The number of hydrogen-bond acceptors (Lipinski definition) is 5. The van der Waals surface area contributed by atoms with Crippen LogP contribution < -0.4 is 21.7 Å². The summed E-state index contributed by atoms with van der Waals surface area (Å²) in [7, 11) is 3.33. The summed E-state index contributed by atoms with van der Waals surface area (Å²) >= 11 is 0. The molecule has 2 aromatic carbocycles. The smallest absolute Gasteiger partial charge is 0.398 e. The molecule has 1 atom stereocenters. The fraction of sp³-hybridized carbons (Fsp3) is 0.400. The SMILES string of the molecule is Cc1ccc(CN2CCC(NC(=O)CNC(=O)c3cc(C(F)(F)F)ccc3N)C2)cc1NC(=O)N(C)C. The Morgan fingerprint density at radius 3 is 2.54 bits per heavy atom. The molecule has 4 amide bonds. The molecule has 0 spiro atoms. The second kappa shape index (κ2) is 11.5. The van der Waals surface area contributed by atoms with Crippen LogP contribution in [0.4, 0.5) is 29.3 Å². The van der Waals surface area contributed by atoms with Crippen molar-refractivity contribution in [1.29, 1.82) is 0 Å². The molecule has 1 saturated heterocycles. The third kappa shape index (κ3) is 7.59. The van der Waals surface area contributed by atoms with Crippen LogP contribution in [0.5, 0.6) is 0 Å². The van der Waals surface area contributed by atoms with Gasteiger partial charge >= 0.3 is 12.2 Å². The van der Waals surface area contributed by atoms with Crippen molar-refractivity contribution in [2.75, 3.05) is 44.8 Å². The minimum Gasteiger partial charge on any atom is -0.398 e. The number of anilines is 2. The average molecular weight is 521 g/mol. The Bertz CT molecular complexity index is 1170. The van der Waals surface area contributed by atoms with Gasteiger partial charge in [0, 0.05) is 51.1 Å². The number of benzene rings is 2. The van der Waals surface area contributed by atoms with Crippen molar-refractivity contribution in [1.82, 2.24) is 20.4 Å². The lowest BCUT2D eigenvalue weighted by atomic mass is 10.1. The monoisotopic (exact) mass is 520 g/mol. The number of rotatable bonds is 7. The van der Waals surface area contributed by atoms with Crippen LogP contribution in [0, 0.1) is 6.92 Å². The van der Waals surface area contributed by atoms with Gasteiger partial charge in [-0.1, -0.05) is 12.1 Å². The molecule has 1 unspecified atom stereocenters. The van der Waals surface area contributed by atoms with Crippen molar-refractivity contribution < 1.29 is 27.6 Å². The van der Waals surface area contributed by atoms with Crippen molar-refractivity contribution >= 4 is 29.2 Å². The summed E-state index contributed by atoms with van der Waals surface area (Å²) in [4.78, 5) is 40.3. The molecular weight excluding hydrogens is 489 g/mol. The molecule has 3 rings (SSSR count). The predicted molar refractivity (Wildman–Crippen MR) is 134 cm³/mol. The predicted octanol–water partition coefficient (Wildman–Crippen LogP) is 2.81. The van der Waals surface area contributed by atoms with Gasteiger partial charge in [-0.15, -0.1) is 0 Å². The first-order chi connectivity index (χ1) is 17.3. The lowest BCUT2D eigenvalue weighted by Crippen LogP contribution is -2.43. The summed E-state index contributed by atoms with van der Waals surface area (Å²) in [5, 5.41) is 8.04. The van der Waals surface area contributed by atoms with Crippen LogP contribution in [0.1, 0.15) is 33.5 Å². The molecule has 9 nitrogen and oxygen atoms in total. The highest BCUT2D eigenvalue weighted by molar-refractivity contribution is 6.00. The number of halogens is 3. The number of carbonyl (C=O) groups excluding carboxylic acids is 3. The van der Waals surface area contributed by atoms with Gasteiger partial charge in [0.15, 0.2) is 0 Å². The zero-order chi connectivity index (χ0) is 27.3. The van der Waals surface area contributed by atoms with E-state index in [4.69, 9.17) is 5.73 Å². The number of nitrogens with one attached hydrogen (secondary N) is 3. The molecule has 0 radical (unpaired) electrons. The molecule has 1 heterocycles. The highest BCUT2D eigenvalue weighted by Gasteiger charge is 2.31. The van der Waals surface area contributed by atoms with Gasteiger partial charge in [0.1, 0.15) is 0 Å². The molecule has 5 N–H and O–H groups in total. The van der Waals surface area contributed by atoms with E-state index < -0.39 is 30.1 Å². The second-order valence-electron chi connectivity index (χ2n) is 9.24. The first-order valence-electron chi connectivity index (χ1n) is 11.7. The fourth-order valence-corrected chi connectivity index (χ4v) is 3.95. The molecule has 2 aromatic rings. The Morgan fingerprint density at radius 2 is 1.86 bits per heavy atom. The molecule has 0 bridgehead atoms. The standard InChI is InChI=1S/C25H31F3N6O3/c1-15-4-5-16(10-21(15)32-24(37)33(2)3)13-34-9-8-18(14-34)31-22(35)12-30-23(36)19-11-17(25(26,27)28)6-7-20(19)29/h4-7,10-11,18H,8-9,12-14,29H2,1-3H3,(H,30,36)(H,31,35)(H,32,37). The number of hydrogen-bond donors (Lipinski definition) is 4. The van der Waals surface area contributed by atoms with Gasteiger partial charge < -0.3 is 26.6 Å². The molecule has 1 fully saturated rings. The average Bonchev–Trinajstić information content (AvgIpc) is 3.25. The van der Waals surface area contributed by atoms with E-state index in [-0.39, 0.29) is 23.3 Å². The van der Waals surface area contributed by atoms with Crippen molar-refractivity contribution in [3.05, 3.63) is 58.7 Å². The van der Waals surface area contributed by atoms with E-state index in [1.165, 1.54) is 4.90 Å². The zero-order valence-electron chi connectivity index (χ0n) is 20.9. The van der Waals surface area contributed by atoms with E-state index in [2.05, 4.69) is 20.9 Å². The maximum absolute atomic E-state index is 12.9. The first-order valence-corrected chi connectivity index (χ1v) is 11.7. The van der Waals surface area contributed by atoms with Crippen LogP contribution in [-0.2, 0) is 17.5 Å². The quantitative estimate of drug-likeness (QED) is 0.419. The van der Waals surface area contributed by atoms with Crippen LogP contribution in [-0.4, -0.2) is 67.4 Å². The largest absolute Gasteiger partial charge is 0.416 e. The van der Waals surface area contributed by atoms with Crippen molar-refractivity contribution in [3.63, 3.8) is 0 Å². The molecule has 0 saturated carbocycles. The number of urea groups is 1. The minimum atomic E-state index is -4.62. The molecule has 1 aliphatic rings. The van der Waals surface area contributed by atoms with E-state index in [1.807, 2.05) is 25.1 Å². The van der Waals surface area contributed by atoms with Gasteiger partial charge in [-0.3, -0.25) is 14.5 Å². The van der Waals surface area contributed by atoms with Crippen LogP contribution >= 0.6 is 0 Å². The van der Waals surface area contributed by atoms with Gasteiger partial charge in [0.2, 0.25) is 5.91 Å². The zero-order valence-corrected chi connectivity index (χ0v) is 20.9. The number of amides is 4. The number of aryl methyl sites for hydroxylation is 1. The number of nitrogens with two attached hydrogens (primary N) is 1. The summed E-state index contributed by atoms with van der Waals surface area (Å²) in [5.41, 5.74) is 6.89. The highest BCUT2D eigenvalue weighted by Crippen LogP contribution is 2.31. The fourth-order valence-electron chi connectivity index (χ4n) is 3.95. The molecule has 1 aliphatic heterocycles. The van der Waals surface area contributed by atoms with E-state index in [9.17, 15) is 27.6 Å². The normalized spacial score (nSPS) is 15.8. The summed E-state index contributed by atoms with van der Waals surface area (Å²) in [6.45, 7) is 3.48. The molecular formula is C25H31F3N6O3. The number of alkyl halides is 3. The third-order valence-electron chi connectivity index (χ3n) is 6.03. The number of nitrogen functional groups attached to an aromatic ring is 1. The highest BCUT2D eigenvalue weighted by atomic mass is 19.4. The molecule has 0 aliphatic carbocycles. The van der Waals surface area contributed by atoms with Crippen LogP contribution in [0.25, 0.3) is 0 Å². The lowest BCUT2D eigenvalue weighted by molar-refractivity contribution is -0.137. The van der Waals surface area contributed by atoms with Crippen LogP contribution in [0.2, 0.25) is 0 Å². The van der Waals surface area contributed by atoms with E-state index in [0.717, 1.165) is 35.5 Å². The molecule has 12 heteroatoms. The van der Waals surface area contributed by atoms with Crippen molar-refractivity contribution in [2.45, 2.75) is 32.1 Å². The lowest BCUT2D eigenvalue weighted by Gasteiger charge is -2.19.